The van der Waals surface area contributed by atoms with Crippen LogP contribution in [0.5, 0.6) is 0 Å². The summed E-state index contributed by atoms with van der Waals surface area (Å²) < 4.78 is 40.0. The summed E-state index contributed by atoms with van der Waals surface area (Å²) in [5, 5.41) is 0.730. The molecule has 3 aromatic rings. The van der Waals surface area contributed by atoms with Crippen LogP contribution in [0, 0.1) is 5.82 Å². The summed E-state index contributed by atoms with van der Waals surface area (Å²) in [5.74, 6) is -0.596. The van der Waals surface area contributed by atoms with Gasteiger partial charge < -0.3 is 5.73 Å². The van der Waals surface area contributed by atoms with E-state index < -0.39 is 15.8 Å². The van der Waals surface area contributed by atoms with Crippen LogP contribution in [-0.2, 0) is 16.4 Å². The third-order valence-electron chi connectivity index (χ3n) is 3.42. The van der Waals surface area contributed by atoms with E-state index in [4.69, 9.17) is 5.73 Å². The first kappa shape index (κ1) is 14.7. The zero-order valence-electron chi connectivity index (χ0n) is 11.6. The summed E-state index contributed by atoms with van der Waals surface area (Å²) in [4.78, 5) is 3.93. The fraction of sp³-hybridized carbons (Fsp3) is 0.133. The Bertz CT molecular complexity index is 935. The predicted molar refractivity (Wildman–Crippen MR) is 81.5 cm³/mol. The van der Waals surface area contributed by atoms with Gasteiger partial charge >= 0.3 is 0 Å². The van der Waals surface area contributed by atoms with E-state index in [1.807, 2.05) is 0 Å². The van der Waals surface area contributed by atoms with E-state index in [1.54, 1.807) is 12.3 Å². The maximum Gasteiger partial charge on any atom is 0.268 e. The van der Waals surface area contributed by atoms with E-state index in [0.29, 0.717) is 18.5 Å². The molecule has 0 unspecified atom stereocenters. The van der Waals surface area contributed by atoms with Gasteiger partial charge in [0.1, 0.15) is 5.82 Å². The van der Waals surface area contributed by atoms with Gasteiger partial charge in [0.25, 0.3) is 10.0 Å². The van der Waals surface area contributed by atoms with Gasteiger partial charge in [0.05, 0.1) is 10.4 Å². The highest BCUT2D eigenvalue weighted by molar-refractivity contribution is 7.90. The number of nitrogens with two attached hydrogens (primary N) is 1. The molecule has 0 aliphatic carbocycles. The zero-order valence-corrected chi connectivity index (χ0v) is 12.4. The second kappa shape index (κ2) is 5.51. The lowest BCUT2D eigenvalue weighted by molar-refractivity contribution is 0.584. The summed E-state index contributed by atoms with van der Waals surface area (Å²) in [7, 11) is -3.88. The largest absolute Gasteiger partial charge is 0.330 e. The number of hydrogen-bond donors (Lipinski definition) is 1. The molecule has 0 aliphatic rings. The molecular weight excluding hydrogens is 305 g/mol. The molecule has 0 saturated carbocycles. The number of fused-ring (bicyclic) bond motifs is 1. The molecule has 2 aromatic heterocycles. The number of hydrogen-bond acceptors (Lipinski definition) is 4. The summed E-state index contributed by atoms with van der Waals surface area (Å²) in [6, 6.07) is 6.57. The number of halogens is 1. The lowest BCUT2D eigenvalue weighted by Crippen LogP contribution is -2.12. The van der Waals surface area contributed by atoms with Gasteiger partial charge in [-0.1, -0.05) is 6.07 Å². The average molecular weight is 319 g/mol. The van der Waals surface area contributed by atoms with Crippen LogP contribution < -0.4 is 5.73 Å². The van der Waals surface area contributed by atoms with Gasteiger partial charge in [-0.15, -0.1) is 0 Å². The molecule has 1 aromatic carbocycles. The van der Waals surface area contributed by atoms with Crippen molar-refractivity contribution in [2.45, 2.75) is 11.3 Å². The molecule has 0 aliphatic heterocycles. The molecule has 0 fully saturated rings. The minimum absolute atomic E-state index is 0.0967. The monoisotopic (exact) mass is 319 g/mol. The van der Waals surface area contributed by atoms with Gasteiger partial charge in [0.2, 0.25) is 0 Å². The average Bonchev–Trinajstić information content (AvgIpc) is 2.88. The highest BCUT2D eigenvalue weighted by Crippen LogP contribution is 2.25. The van der Waals surface area contributed by atoms with Crippen molar-refractivity contribution in [1.29, 1.82) is 0 Å². The van der Waals surface area contributed by atoms with Crippen LogP contribution in [0.4, 0.5) is 4.39 Å². The van der Waals surface area contributed by atoms with Crippen molar-refractivity contribution in [1.82, 2.24) is 8.96 Å². The normalized spacial score (nSPS) is 11.9. The first-order valence-electron chi connectivity index (χ1n) is 6.69. The summed E-state index contributed by atoms with van der Waals surface area (Å²) in [6.45, 7) is 0.397. The maximum atomic E-state index is 13.4. The Morgan fingerprint density at radius 3 is 2.82 bits per heavy atom. The quantitative estimate of drug-likeness (QED) is 0.797. The van der Waals surface area contributed by atoms with Crippen molar-refractivity contribution < 1.29 is 12.8 Å². The molecule has 5 nitrogen and oxygen atoms in total. The molecule has 114 valence electrons. The molecule has 0 radical (unpaired) electrons. The standard InChI is InChI=1S/C15H14FN3O2S/c16-12-2-1-3-13(8-12)22(20,21)19-10-11(4-6-17)14-9-18-7-5-15(14)19/h1-3,5,7-10H,4,6,17H2. The van der Waals surface area contributed by atoms with E-state index in [-0.39, 0.29) is 4.90 Å². The van der Waals surface area contributed by atoms with Gasteiger partial charge in [-0.2, -0.15) is 0 Å². The SMILES string of the molecule is NCCc1cn(S(=O)(=O)c2cccc(F)c2)c2ccncc12. The van der Waals surface area contributed by atoms with Crippen molar-refractivity contribution in [2.24, 2.45) is 5.73 Å². The Balaban J connectivity index is 2.25. The molecule has 22 heavy (non-hydrogen) atoms. The molecule has 0 amide bonds. The molecule has 7 heteroatoms. The Morgan fingerprint density at radius 1 is 1.27 bits per heavy atom. The van der Waals surface area contributed by atoms with Crippen LogP contribution in [0.1, 0.15) is 5.56 Å². The Hall–Kier alpha value is -2.25. The second-order valence-corrected chi connectivity index (χ2v) is 6.66. The lowest BCUT2D eigenvalue weighted by Gasteiger charge is -2.07. The predicted octanol–water partition coefficient (Wildman–Crippen LogP) is 1.91. The molecule has 3 rings (SSSR count). The van der Waals surface area contributed by atoms with Crippen LogP contribution in [0.2, 0.25) is 0 Å². The smallest absolute Gasteiger partial charge is 0.268 e. The van der Waals surface area contributed by atoms with Crippen LogP contribution in [0.25, 0.3) is 10.9 Å². The molecule has 0 saturated heterocycles. The van der Waals surface area contributed by atoms with Gasteiger partial charge in [-0.25, -0.2) is 16.8 Å². The van der Waals surface area contributed by atoms with E-state index in [0.717, 1.165) is 21.0 Å². The fourth-order valence-electron chi connectivity index (χ4n) is 2.40. The summed E-state index contributed by atoms with van der Waals surface area (Å²) >= 11 is 0. The summed E-state index contributed by atoms with van der Waals surface area (Å²) in [5.41, 5.74) is 6.87. The minimum Gasteiger partial charge on any atom is -0.330 e. The number of benzene rings is 1. The Morgan fingerprint density at radius 2 is 2.09 bits per heavy atom. The highest BCUT2D eigenvalue weighted by atomic mass is 32.2. The van der Waals surface area contributed by atoms with Crippen LogP contribution in [-0.4, -0.2) is 23.9 Å². The molecular formula is C15H14FN3O2S. The van der Waals surface area contributed by atoms with Crippen LogP contribution >= 0.6 is 0 Å². The molecule has 0 spiro atoms. The Kier molecular flexibility index (Phi) is 3.67. The summed E-state index contributed by atoms with van der Waals surface area (Å²) in [6.07, 6.45) is 5.19. The molecule has 2 N–H and O–H groups in total. The van der Waals surface area contributed by atoms with E-state index in [2.05, 4.69) is 4.98 Å². The zero-order chi connectivity index (χ0) is 15.7. The fourth-order valence-corrected chi connectivity index (χ4v) is 3.83. The number of rotatable bonds is 4. The van der Waals surface area contributed by atoms with E-state index in [9.17, 15) is 12.8 Å². The van der Waals surface area contributed by atoms with Crippen LogP contribution in [0.3, 0.4) is 0 Å². The molecule has 2 heterocycles. The van der Waals surface area contributed by atoms with Crippen molar-refractivity contribution in [3.05, 3.63) is 60.3 Å². The number of nitrogens with zero attached hydrogens (tertiary/aromatic N) is 2. The van der Waals surface area contributed by atoms with Crippen molar-refractivity contribution in [3.8, 4) is 0 Å². The third-order valence-corrected chi connectivity index (χ3v) is 5.09. The second-order valence-electron chi connectivity index (χ2n) is 4.84. The minimum atomic E-state index is -3.88. The Labute approximate surface area is 127 Å². The van der Waals surface area contributed by atoms with Crippen molar-refractivity contribution >= 4 is 20.9 Å². The highest BCUT2D eigenvalue weighted by Gasteiger charge is 2.21. The molecule has 0 bridgehead atoms. The number of aromatic nitrogens is 2. The van der Waals surface area contributed by atoms with Crippen LogP contribution in [0.15, 0.2) is 53.8 Å². The van der Waals surface area contributed by atoms with E-state index >= 15 is 0 Å². The topological polar surface area (TPSA) is 78.0 Å². The van der Waals surface area contributed by atoms with Crippen molar-refractivity contribution in [2.75, 3.05) is 6.54 Å². The molecule has 0 atom stereocenters. The van der Waals surface area contributed by atoms with Gasteiger partial charge in [0.15, 0.2) is 0 Å². The third kappa shape index (κ3) is 2.38. The lowest BCUT2D eigenvalue weighted by atomic mass is 10.2. The van der Waals surface area contributed by atoms with Gasteiger partial charge in [-0.05, 0) is 42.8 Å². The first-order chi connectivity index (χ1) is 10.5. The first-order valence-corrected chi connectivity index (χ1v) is 8.13. The van der Waals surface area contributed by atoms with Gasteiger partial charge in [-0.3, -0.25) is 4.98 Å². The van der Waals surface area contributed by atoms with E-state index in [1.165, 1.54) is 30.6 Å². The number of pyridine rings is 1. The van der Waals surface area contributed by atoms with Gasteiger partial charge in [0, 0.05) is 24.0 Å². The van der Waals surface area contributed by atoms with Crippen molar-refractivity contribution in [3.63, 3.8) is 0 Å². The maximum absolute atomic E-state index is 13.4.